The number of rotatable bonds is 6. The van der Waals surface area contributed by atoms with Gasteiger partial charge in [-0.1, -0.05) is 42.8 Å². The lowest BCUT2D eigenvalue weighted by molar-refractivity contribution is 0.627. The van der Waals surface area contributed by atoms with Gasteiger partial charge >= 0.3 is 0 Å². The van der Waals surface area contributed by atoms with Crippen molar-refractivity contribution in [3.05, 3.63) is 64.4 Å². The average Bonchev–Trinajstić information content (AvgIpc) is 2.48. The highest BCUT2D eigenvalue weighted by Crippen LogP contribution is 2.28. The molecule has 4 heteroatoms. The molecule has 2 rings (SSSR count). The van der Waals surface area contributed by atoms with E-state index in [1.54, 1.807) is 17.8 Å². The summed E-state index contributed by atoms with van der Waals surface area (Å²) in [6.45, 7) is 3.94. The van der Waals surface area contributed by atoms with Gasteiger partial charge < -0.3 is 5.32 Å². The molecular formula is C16H17ClFNS. The van der Waals surface area contributed by atoms with Gasteiger partial charge in [0.25, 0.3) is 0 Å². The first-order valence-electron chi connectivity index (χ1n) is 6.56. The number of halogens is 2. The van der Waals surface area contributed by atoms with Crippen LogP contribution in [0.3, 0.4) is 0 Å². The van der Waals surface area contributed by atoms with Gasteiger partial charge in [-0.05, 0) is 35.9 Å². The van der Waals surface area contributed by atoms with Gasteiger partial charge in [0.2, 0.25) is 0 Å². The van der Waals surface area contributed by atoms with Crippen LogP contribution in [-0.4, -0.2) is 6.54 Å². The summed E-state index contributed by atoms with van der Waals surface area (Å²) in [5.41, 5.74) is 2.09. The molecule has 0 aliphatic heterocycles. The van der Waals surface area contributed by atoms with Gasteiger partial charge in [0.15, 0.2) is 0 Å². The maximum Gasteiger partial charge on any atom is 0.142 e. The van der Waals surface area contributed by atoms with Crippen LogP contribution < -0.4 is 5.32 Å². The molecule has 0 unspecified atom stereocenters. The summed E-state index contributed by atoms with van der Waals surface area (Å²) in [6, 6.07) is 13.3. The zero-order chi connectivity index (χ0) is 14.4. The molecule has 0 aromatic heterocycles. The van der Waals surface area contributed by atoms with Crippen molar-refractivity contribution >= 4 is 23.4 Å². The third-order valence-corrected chi connectivity index (χ3v) is 4.41. The molecule has 0 spiro atoms. The fourth-order valence-corrected chi connectivity index (χ4v) is 2.96. The minimum Gasteiger partial charge on any atom is -0.313 e. The molecule has 106 valence electrons. The molecule has 20 heavy (non-hydrogen) atoms. The molecule has 0 bridgehead atoms. The van der Waals surface area contributed by atoms with Gasteiger partial charge in [0.1, 0.15) is 5.82 Å². The number of nitrogens with one attached hydrogen (secondary N) is 1. The van der Waals surface area contributed by atoms with Crippen LogP contribution in [0.2, 0.25) is 5.02 Å². The summed E-state index contributed by atoms with van der Waals surface area (Å²) in [7, 11) is 0. The van der Waals surface area contributed by atoms with Crippen LogP contribution in [0.4, 0.5) is 4.39 Å². The normalized spacial score (nSPS) is 10.8. The van der Waals surface area contributed by atoms with Gasteiger partial charge in [0.05, 0.1) is 5.02 Å². The van der Waals surface area contributed by atoms with E-state index in [0.717, 1.165) is 23.5 Å². The maximum atomic E-state index is 13.3. The Bertz CT molecular complexity index is 557. The second-order valence-corrected chi connectivity index (χ2v) is 5.85. The summed E-state index contributed by atoms with van der Waals surface area (Å²) >= 11 is 7.60. The molecule has 0 saturated carbocycles. The van der Waals surface area contributed by atoms with Gasteiger partial charge in [-0.3, -0.25) is 0 Å². The molecule has 2 aromatic carbocycles. The zero-order valence-corrected chi connectivity index (χ0v) is 12.9. The first-order valence-corrected chi connectivity index (χ1v) is 7.92. The minimum atomic E-state index is -0.356. The first-order chi connectivity index (χ1) is 9.70. The van der Waals surface area contributed by atoms with Crippen molar-refractivity contribution in [2.45, 2.75) is 24.1 Å². The lowest BCUT2D eigenvalue weighted by Gasteiger charge is -2.06. The Kier molecular flexibility index (Phi) is 5.89. The predicted octanol–water partition coefficient (Wildman–Crippen LogP) is 4.88. The molecule has 1 nitrogen and oxygen atoms in total. The summed E-state index contributed by atoms with van der Waals surface area (Å²) in [5.74, 6) is 0.314. The minimum absolute atomic E-state index is 0.226. The second-order valence-electron chi connectivity index (χ2n) is 4.43. The molecule has 0 radical (unpaired) electrons. The molecule has 0 aliphatic rings. The lowest BCUT2D eigenvalue weighted by atomic mass is 10.2. The number of benzene rings is 2. The fraction of sp³-hybridized carbons (Fsp3) is 0.250. The highest BCUT2D eigenvalue weighted by atomic mass is 35.5. The van der Waals surface area contributed by atoms with E-state index >= 15 is 0 Å². The molecule has 0 heterocycles. The molecule has 2 aromatic rings. The van der Waals surface area contributed by atoms with E-state index in [2.05, 4.69) is 36.5 Å². The molecule has 1 N–H and O–H groups in total. The average molecular weight is 310 g/mol. The van der Waals surface area contributed by atoms with Crippen molar-refractivity contribution in [3.8, 4) is 0 Å². The van der Waals surface area contributed by atoms with Crippen molar-refractivity contribution in [2.75, 3.05) is 6.54 Å². The van der Waals surface area contributed by atoms with Crippen LogP contribution in [0.15, 0.2) is 47.4 Å². The van der Waals surface area contributed by atoms with E-state index in [0.29, 0.717) is 5.75 Å². The summed E-state index contributed by atoms with van der Waals surface area (Å²) in [6.07, 6.45) is 0. The largest absolute Gasteiger partial charge is 0.313 e. The summed E-state index contributed by atoms with van der Waals surface area (Å²) < 4.78 is 13.3. The van der Waals surface area contributed by atoms with E-state index in [9.17, 15) is 4.39 Å². The Morgan fingerprint density at radius 3 is 2.60 bits per heavy atom. The fourth-order valence-electron chi connectivity index (χ4n) is 1.79. The Hall–Kier alpha value is -1.03. The Labute approximate surface area is 128 Å². The van der Waals surface area contributed by atoms with Crippen molar-refractivity contribution in [1.82, 2.24) is 5.32 Å². The summed E-state index contributed by atoms with van der Waals surface area (Å²) in [4.78, 5) is 1.16. The van der Waals surface area contributed by atoms with Gasteiger partial charge in [-0.2, -0.15) is 0 Å². The number of hydrogen-bond donors (Lipinski definition) is 1. The Morgan fingerprint density at radius 2 is 1.90 bits per heavy atom. The third-order valence-electron chi connectivity index (χ3n) is 2.93. The smallest absolute Gasteiger partial charge is 0.142 e. The van der Waals surface area contributed by atoms with Gasteiger partial charge in [0, 0.05) is 17.2 Å². The molecular weight excluding hydrogens is 293 g/mol. The maximum absolute atomic E-state index is 13.3. The zero-order valence-electron chi connectivity index (χ0n) is 11.3. The first kappa shape index (κ1) is 15.4. The number of thioether (sulfide) groups is 1. The predicted molar refractivity (Wildman–Crippen MR) is 84.8 cm³/mol. The topological polar surface area (TPSA) is 12.0 Å². The van der Waals surface area contributed by atoms with E-state index < -0.39 is 0 Å². The van der Waals surface area contributed by atoms with Crippen LogP contribution in [0.5, 0.6) is 0 Å². The van der Waals surface area contributed by atoms with Crippen molar-refractivity contribution in [2.24, 2.45) is 0 Å². The number of hydrogen-bond acceptors (Lipinski definition) is 2. The van der Waals surface area contributed by atoms with Crippen LogP contribution >= 0.6 is 23.4 Å². The Balaban J connectivity index is 1.95. The molecule has 0 amide bonds. The molecule has 0 atom stereocenters. The monoisotopic (exact) mass is 309 g/mol. The quantitative estimate of drug-likeness (QED) is 0.763. The van der Waals surface area contributed by atoms with Crippen LogP contribution in [0.1, 0.15) is 18.1 Å². The third kappa shape index (κ3) is 4.23. The molecule has 0 saturated heterocycles. The van der Waals surface area contributed by atoms with Crippen molar-refractivity contribution < 1.29 is 4.39 Å². The van der Waals surface area contributed by atoms with Crippen molar-refractivity contribution in [1.29, 1.82) is 0 Å². The van der Waals surface area contributed by atoms with Crippen LogP contribution in [0, 0.1) is 5.82 Å². The Morgan fingerprint density at radius 1 is 1.15 bits per heavy atom. The van der Waals surface area contributed by atoms with E-state index in [4.69, 9.17) is 11.6 Å². The highest BCUT2D eigenvalue weighted by Gasteiger charge is 2.06. The van der Waals surface area contributed by atoms with E-state index in [1.807, 2.05) is 6.07 Å². The van der Waals surface area contributed by atoms with Crippen LogP contribution in [-0.2, 0) is 12.3 Å². The molecule has 0 aliphatic carbocycles. The van der Waals surface area contributed by atoms with E-state index in [-0.39, 0.29) is 10.8 Å². The van der Waals surface area contributed by atoms with Gasteiger partial charge in [-0.15, -0.1) is 11.8 Å². The van der Waals surface area contributed by atoms with Crippen LogP contribution in [0.25, 0.3) is 0 Å². The standard InChI is InChI=1S/C16H17ClFNS/c1-2-19-10-12-6-8-14(9-7-12)20-11-13-4-3-5-15(18)16(13)17/h3-9,19H,2,10-11H2,1H3. The lowest BCUT2D eigenvalue weighted by Crippen LogP contribution is -2.11. The summed E-state index contributed by atoms with van der Waals surface area (Å²) in [5, 5.41) is 3.52. The SMILES string of the molecule is CCNCc1ccc(SCc2cccc(F)c2Cl)cc1. The van der Waals surface area contributed by atoms with Gasteiger partial charge in [-0.25, -0.2) is 4.39 Å². The highest BCUT2D eigenvalue weighted by molar-refractivity contribution is 7.98. The van der Waals surface area contributed by atoms with E-state index in [1.165, 1.54) is 11.6 Å². The van der Waals surface area contributed by atoms with Crippen molar-refractivity contribution in [3.63, 3.8) is 0 Å². The molecule has 0 fully saturated rings. The second kappa shape index (κ2) is 7.67.